The third-order valence-electron chi connectivity index (χ3n) is 4.01. The summed E-state index contributed by atoms with van der Waals surface area (Å²) in [6, 6.07) is 14.8. The van der Waals surface area contributed by atoms with E-state index in [0.717, 1.165) is 0 Å². The van der Waals surface area contributed by atoms with Gasteiger partial charge < -0.3 is 10.6 Å². The molecule has 0 aliphatic rings. The van der Waals surface area contributed by atoms with Gasteiger partial charge in [0.1, 0.15) is 0 Å². The van der Waals surface area contributed by atoms with Gasteiger partial charge in [-0.25, -0.2) is 0 Å². The lowest BCUT2D eigenvalue weighted by molar-refractivity contribution is -0.116. The number of carbonyl (C=O) groups excluding carboxylic acids is 2. The number of rotatable bonds is 5. The number of hydrogen-bond acceptors (Lipinski definition) is 2. The summed E-state index contributed by atoms with van der Waals surface area (Å²) in [6.07, 6.45) is 0.469. The largest absolute Gasteiger partial charge is 0.326 e. The van der Waals surface area contributed by atoms with Gasteiger partial charge in [0.15, 0.2) is 0 Å². The molecular weight excluding hydrogens is 324 g/mol. The van der Waals surface area contributed by atoms with Crippen LogP contribution in [0.3, 0.4) is 0 Å². The lowest BCUT2D eigenvalue weighted by Crippen LogP contribution is -2.15. The van der Waals surface area contributed by atoms with E-state index in [0.29, 0.717) is 29.3 Å². The molecule has 0 aliphatic heterocycles. The van der Waals surface area contributed by atoms with Gasteiger partial charge >= 0.3 is 0 Å². The first-order valence-corrected chi connectivity index (χ1v) is 8.97. The summed E-state index contributed by atoms with van der Waals surface area (Å²) in [7, 11) is 0. The Labute approximate surface area is 156 Å². The van der Waals surface area contributed by atoms with Crippen molar-refractivity contribution in [2.24, 2.45) is 5.92 Å². The summed E-state index contributed by atoms with van der Waals surface area (Å²) in [6.45, 7) is 10.4. The van der Waals surface area contributed by atoms with Crippen molar-refractivity contribution >= 4 is 23.2 Å². The van der Waals surface area contributed by atoms with Gasteiger partial charge in [-0.2, -0.15) is 0 Å². The number of anilines is 2. The molecule has 0 saturated heterocycles. The van der Waals surface area contributed by atoms with E-state index in [1.807, 2.05) is 50.2 Å². The number of benzene rings is 2. The Morgan fingerprint density at radius 1 is 0.923 bits per heavy atom. The van der Waals surface area contributed by atoms with Crippen LogP contribution in [-0.4, -0.2) is 11.8 Å². The van der Waals surface area contributed by atoms with Crippen LogP contribution >= 0.6 is 0 Å². The van der Waals surface area contributed by atoms with Gasteiger partial charge in [-0.1, -0.05) is 52.8 Å². The standard InChI is InChI=1S/C22H28N2O2/c1-15(2)13-20(25)23-18-7-6-8-19(14-18)24-21(26)16-9-11-17(12-10-16)22(3,4)5/h6-12,14-15H,13H2,1-5H3,(H,23,25)(H,24,26). The average molecular weight is 352 g/mol. The summed E-state index contributed by atoms with van der Waals surface area (Å²) >= 11 is 0. The van der Waals surface area contributed by atoms with Crippen LogP contribution in [0.15, 0.2) is 48.5 Å². The second-order valence-corrected chi connectivity index (χ2v) is 8.01. The van der Waals surface area contributed by atoms with Crippen LogP contribution in [0, 0.1) is 5.92 Å². The SMILES string of the molecule is CC(C)CC(=O)Nc1cccc(NC(=O)c2ccc(C(C)(C)C)cc2)c1. The monoisotopic (exact) mass is 352 g/mol. The van der Waals surface area contributed by atoms with Gasteiger partial charge in [0, 0.05) is 23.4 Å². The smallest absolute Gasteiger partial charge is 0.255 e. The van der Waals surface area contributed by atoms with Crippen molar-refractivity contribution in [3.05, 3.63) is 59.7 Å². The van der Waals surface area contributed by atoms with Crippen molar-refractivity contribution in [1.82, 2.24) is 0 Å². The third kappa shape index (κ3) is 5.73. The van der Waals surface area contributed by atoms with Gasteiger partial charge in [0.2, 0.25) is 5.91 Å². The van der Waals surface area contributed by atoms with Crippen molar-refractivity contribution in [2.75, 3.05) is 10.6 Å². The van der Waals surface area contributed by atoms with E-state index in [-0.39, 0.29) is 17.2 Å². The van der Waals surface area contributed by atoms with Gasteiger partial charge in [0.25, 0.3) is 5.91 Å². The van der Waals surface area contributed by atoms with E-state index in [1.54, 1.807) is 12.1 Å². The number of carbonyl (C=O) groups is 2. The molecule has 0 fully saturated rings. The zero-order valence-corrected chi connectivity index (χ0v) is 16.2. The van der Waals surface area contributed by atoms with Crippen molar-refractivity contribution in [2.45, 2.75) is 46.5 Å². The molecule has 0 saturated carbocycles. The molecule has 0 aromatic heterocycles. The van der Waals surface area contributed by atoms with Gasteiger partial charge in [-0.15, -0.1) is 0 Å². The van der Waals surface area contributed by atoms with Crippen molar-refractivity contribution in [3.8, 4) is 0 Å². The van der Waals surface area contributed by atoms with Crippen molar-refractivity contribution in [1.29, 1.82) is 0 Å². The van der Waals surface area contributed by atoms with E-state index in [1.165, 1.54) is 5.56 Å². The van der Waals surface area contributed by atoms with Crippen LogP contribution in [0.5, 0.6) is 0 Å². The highest BCUT2D eigenvalue weighted by atomic mass is 16.2. The first-order valence-electron chi connectivity index (χ1n) is 8.97. The van der Waals surface area contributed by atoms with Crippen LogP contribution in [0.1, 0.15) is 57.0 Å². The fourth-order valence-electron chi connectivity index (χ4n) is 2.58. The van der Waals surface area contributed by atoms with Gasteiger partial charge in [0.05, 0.1) is 0 Å². The Morgan fingerprint density at radius 3 is 2.04 bits per heavy atom. The molecule has 4 nitrogen and oxygen atoms in total. The van der Waals surface area contributed by atoms with Crippen LogP contribution in [0.25, 0.3) is 0 Å². The molecule has 0 aliphatic carbocycles. The molecule has 0 radical (unpaired) electrons. The van der Waals surface area contributed by atoms with E-state index < -0.39 is 0 Å². The molecule has 2 rings (SSSR count). The minimum atomic E-state index is -0.170. The molecule has 2 N–H and O–H groups in total. The minimum Gasteiger partial charge on any atom is -0.326 e. The van der Waals surface area contributed by atoms with Gasteiger partial charge in [-0.05, 0) is 47.2 Å². The highest BCUT2D eigenvalue weighted by Gasteiger charge is 2.14. The summed E-state index contributed by atoms with van der Waals surface area (Å²) in [5.41, 5.74) is 3.17. The molecule has 0 spiro atoms. The third-order valence-corrected chi connectivity index (χ3v) is 4.01. The van der Waals surface area contributed by atoms with Crippen LogP contribution in [0.2, 0.25) is 0 Å². The predicted octanol–water partition coefficient (Wildman–Crippen LogP) is 5.22. The average Bonchev–Trinajstić information content (AvgIpc) is 2.53. The molecule has 2 aromatic carbocycles. The predicted molar refractivity (Wildman–Crippen MR) is 108 cm³/mol. The zero-order chi connectivity index (χ0) is 19.3. The van der Waals surface area contributed by atoms with Gasteiger partial charge in [-0.3, -0.25) is 9.59 Å². The fraction of sp³-hybridized carbons (Fsp3) is 0.364. The normalized spacial score (nSPS) is 11.3. The van der Waals surface area contributed by atoms with E-state index in [2.05, 4.69) is 31.4 Å². The van der Waals surface area contributed by atoms with E-state index in [9.17, 15) is 9.59 Å². The molecule has 26 heavy (non-hydrogen) atoms. The van der Waals surface area contributed by atoms with Crippen LogP contribution < -0.4 is 10.6 Å². The Hall–Kier alpha value is -2.62. The molecule has 0 unspecified atom stereocenters. The highest BCUT2D eigenvalue weighted by Crippen LogP contribution is 2.23. The minimum absolute atomic E-state index is 0.0266. The summed E-state index contributed by atoms with van der Waals surface area (Å²) in [4.78, 5) is 24.3. The van der Waals surface area contributed by atoms with Crippen LogP contribution in [-0.2, 0) is 10.2 Å². The molecule has 138 valence electrons. The Bertz CT molecular complexity index is 771. The van der Waals surface area contributed by atoms with Crippen LogP contribution in [0.4, 0.5) is 11.4 Å². The fourth-order valence-corrected chi connectivity index (χ4v) is 2.58. The molecule has 4 heteroatoms. The highest BCUT2D eigenvalue weighted by molar-refractivity contribution is 6.04. The zero-order valence-electron chi connectivity index (χ0n) is 16.2. The maximum absolute atomic E-state index is 12.5. The second-order valence-electron chi connectivity index (χ2n) is 8.01. The number of hydrogen-bond donors (Lipinski definition) is 2. The number of nitrogens with one attached hydrogen (secondary N) is 2. The maximum Gasteiger partial charge on any atom is 0.255 e. The lowest BCUT2D eigenvalue weighted by atomic mass is 9.87. The molecular formula is C22H28N2O2. The Kier molecular flexibility index (Phi) is 6.19. The quantitative estimate of drug-likeness (QED) is 0.775. The molecule has 0 heterocycles. The molecule has 0 atom stereocenters. The Balaban J connectivity index is 2.05. The summed E-state index contributed by atoms with van der Waals surface area (Å²) in [5.74, 6) is 0.103. The first kappa shape index (κ1) is 19.7. The molecule has 2 amide bonds. The summed E-state index contributed by atoms with van der Waals surface area (Å²) < 4.78 is 0. The van der Waals surface area contributed by atoms with E-state index >= 15 is 0 Å². The van der Waals surface area contributed by atoms with Crippen molar-refractivity contribution in [3.63, 3.8) is 0 Å². The molecule has 0 bridgehead atoms. The Morgan fingerprint density at radius 2 is 1.50 bits per heavy atom. The topological polar surface area (TPSA) is 58.2 Å². The second kappa shape index (κ2) is 8.17. The lowest BCUT2D eigenvalue weighted by Gasteiger charge is -2.19. The first-order chi connectivity index (χ1) is 12.1. The molecule has 2 aromatic rings. The summed E-state index contributed by atoms with van der Waals surface area (Å²) in [5, 5.41) is 5.74. The maximum atomic E-state index is 12.5. The van der Waals surface area contributed by atoms with Crippen molar-refractivity contribution < 1.29 is 9.59 Å². The number of amides is 2. The van der Waals surface area contributed by atoms with E-state index in [4.69, 9.17) is 0 Å².